The van der Waals surface area contributed by atoms with E-state index >= 15 is 0 Å². The largest absolute Gasteiger partial charge is 0.390 e. The van der Waals surface area contributed by atoms with Gasteiger partial charge in [-0.3, -0.25) is 9.59 Å². The Morgan fingerprint density at radius 3 is 1.05 bits per heavy atom. The van der Waals surface area contributed by atoms with Crippen molar-refractivity contribution < 1.29 is 35.1 Å². The first-order valence-electron chi connectivity index (χ1n) is 51.3. The number of hydrogen-bond acceptors (Lipinski definition) is 7. The third-order valence-electron chi connectivity index (χ3n) is 42.8. The molecule has 16 aliphatic rings. The Balaban J connectivity index is 0.000000177. The van der Waals surface area contributed by atoms with Crippen molar-refractivity contribution in [1.29, 1.82) is 0 Å². The monoisotopic (exact) mass is 1870 g/mol. The summed E-state index contributed by atoms with van der Waals surface area (Å²) >= 11 is 4.35. The van der Waals surface area contributed by atoms with E-state index < -0.39 is 27.7 Å². The fourth-order valence-corrected chi connectivity index (χ4v) is 42.6. The zero-order valence-electron chi connectivity index (χ0n) is 82.4. The van der Waals surface area contributed by atoms with Gasteiger partial charge in [0.1, 0.15) is 11.6 Å². The minimum atomic E-state index is -2.59. The second-order valence-electron chi connectivity index (χ2n) is 49.6. The molecule has 35 atom stereocenters. The molecule has 16 saturated carbocycles. The maximum atomic E-state index is 12.5. The van der Waals surface area contributed by atoms with Gasteiger partial charge in [-0.05, 0) is 423 Å². The van der Waals surface area contributed by atoms with E-state index in [9.17, 15) is 35.1 Å². The molecule has 0 radical (unpaired) electrons. The van der Waals surface area contributed by atoms with Crippen LogP contribution in [0.3, 0.4) is 0 Å². The van der Waals surface area contributed by atoms with Crippen LogP contribution in [0.5, 0.6) is 0 Å². The molecule has 726 valence electrons. The second-order valence-corrected chi connectivity index (χ2v) is 59.9. The molecule has 0 spiro atoms. The number of fused-ring (bicyclic) bond motifs is 20. The van der Waals surface area contributed by atoms with E-state index in [0.717, 1.165) is 181 Å². The van der Waals surface area contributed by atoms with Crippen LogP contribution < -0.4 is 15.9 Å². The number of ketones is 2. The number of aliphatic hydroxyl groups is 5. The van der Waals surface area contributed by atoms with Crippen LogP contribution >= 0.6 is 29.4 Å². The summed E-state index contributed by atoms with van der Waals surface area (Å²) in [6, 6.07) is 32.7. The Bertz CT molecular complexity index is 4090. The molecule has 0 heterocycles. The van der Waals surface area contributed by atoms with E-state index in [0.29, 0.717) is 85.5 Å². The molecule has 16 aliphatic carbocycles. The molecule has 3 aromatic carbocycles. The molecule has 10 heteroatoms. The molecule has 19 rings (SSSR count). The number of benzene rings is 3. The number of halogens is 1. The molecule has 0 aliphatic heterocycles. The molecule has 0 saturated heterocycles. The van der Waals surface area contributed by atoms with Crippen LogP contribution in [0.2, 0.25) is 0 Å². The zero-order chi connectivity index (χ0) is 90.5. The van der Waals surface area contributed by atoms with Crippen molar-refractivity contribution >= 4 is 56.9 Å². The molecule has 7 nitrogen and oxygen atoms in total. The van der Waals surface area contributed by atoms with Crippen molar-refractivity contribution in [2.45, 2.75) is 402 Å². The summed E-state index contributed by atoms with van der Waals surface area (Å²) < 4.78 is 0. The van der Waals surface area contributed by atoms with E-state index in [2.05, 4.69) is 256 Å². The number of aliphatic hydroxyl groups excluding tert-OH is 1. The van der Waals surface area contributed by atoms with Gasteiger partial charge in [-0.1, -0.05) is 124 Å². The van der Waals surface area contributed by atoms with Crippen molar-refractivity contribution in [1.82, 2.24) is 0 Å². The van der Waals surface area contributed by atoms with E-state index in [4.69, 9.17) is 0 Å². The number of hydrogen-bond donors (Lipinski definition) is 5. The standard InChI is InChI=1S/C23H40O2.C23H38O2.C23H38O.C21H34O2.C20H20BrP.C2H7P.C2H2.4CH4/c2*1-14-12-16-13-21(3,25)10-11-22(16,4)19-8-9-23(5)17(15(2)24)6-7-18(23)20(14)19;1-6-16-7-8-18-20-15(2)13-17-14-21(3,24)11-12-23(17,5)19(20)9-10-22(16,18)4;1-13-11-14-12-19(2,23)9-10-20(14,3)16-7-8-21(4)15(18(13)16)5-6-17(21)22;1-2-22(21,18-12-6-3-7-13-18,19-14-8-4-9-15-19)20-16-10-5-11-17-20;1-3-2;1-2;;;;/h14-20,24-25H,6-13H2,1-5H3;14,16-20,25H,6-13H2,1-5H3;6,15,17-20,24H,7-14H2,1-5H3;13-16,18,23H,5-12H2,1-4H3;3-17H,2H2,1H3;3H,1-2H3;1-2H;4*1H4/b;;16-6-;;;;;;;;/t14-,15?,16+,17-,18+,19+,20+,21-,22+,23-;14-,16+,17-,18+,19+,20+,21-,22+,23-;15-,17+,18+,19+,20+,21-,22-,23+;13-,14+,15+,16+,18+,19-,20+,21+;;;;;;;/m1111......./s1. The molecular weight excluding hydrogens is 1670 g/mol. The average molecular weight is 1870 g/mol. The summed E-state index contributed by atoms with van der Waals surface area (Å²) in [4.78, 5) is 24.8. The van der Waals surface area contributed by atoms with Crippen LogP contribution in [-0.2, 0) is 9.59 Å². The zero-order valence-corrected chi connectivity index (χ0v) is 85.9. The van der Waals surface area contributed by atoms with Gasteiger partial charge < -0.3 is 25.5 Å². The van der Waals surface area contributed by atoms with Gasteiger partial charge in [0.05, 0.1) is 28.5 Å². The molecular formula is C118H195BrO7P2. The predicted octanol–water partition coefficient (Wildman–Crippen LogP) is 29.4. The summed E-state index contributed by atoms with van der Waals surface area (Å²) in [6.45, 7) is 51.0. The summed E-state index contributed by atoms with van der Waals surface area (Å²) in [7, 11) is 1.08. The van der Waals surface area contributed by atoms with Crippen molar-refractivity contribution in [2.24, 2.45) is 174 Å². The van der Waals surface area contributed by atoms with Crippen LogP contribution in [0, 0.1) is 186 Å². The van der Waals surface area contributed by atoms with Crippen molar-refractivity contribution in [3.8, 4) is 12.8 Å². The van der Waals surface area contributed by atoms with Gasteiger partial charge in [0.15, 0.2) is 0 Å². The van der Waals surface area contributed by atoms with Crippen LogP contribution in [0.15, 0.2) is 103 Å². The molecule has 3 aromatic rings. The average Bonchev–Trinajstić information content (AvgIpc) is 1.69. The molecule has 1 unspecified atom stereocenters. The summed E-state index contributed by atoms with van der Waals surface area (Å²) in [5.41, 5.74) is 2.82. The van der Waals surface area contributed by atoms with Crippen LogP contribution in [0.4, 0.5) is 0 Å². The number of carbonyl (C=O) groups excluding carboxylic acids is 2. The third-order valence-corrected chi connectivity index (χ3v) is 53.3. The predicted molar refractivity (Wildman–Crippen MR) is 557 cm³/mol. The first kappa shape index (κ1) is 109. The third kappa shape index (κ3) is 19.1. The number of carbonyl (C=O) groups is 2. The maximum absolute atomic E-state index is 12.5. The quantitative estimate of drug-likeness (QED) is 0.0942. The van der Waals surface area contributed by atoms with Crippen LogP contribution in [-0.4, -0.2) is 85.1 Å². The SMILES string of the molecule is C.C.C.C.C#C.C/C=C1/CC[C@H]2[C@@H]3[C@H](C)C[C@H]4C[C@](C)(O)CC[C@]4(C)[C@H]3CC[C@]12C.CC(=O)[C@H]1CC[C@H]2[C@@H]3[C@H](C)C[C@H]4C[C@](C)(O)CC[C@]4(C)[C@H]3CC[C@]12C.CC(O)[C@H]1CC[C@H]2[C@@H]3[C@H](C)C[C@H]4C[C@](C)(O)CC[C@]4(C)[C@H]3CC[C@]12C.CCP(Br)(c1ccccc1)(c1ccccc1)c1ccccc1.CPC.C[C@@H]1C[C@H]2C[C@](C)(O)CC[C@]2(C)[C@H]2CC[C@]3(C)C(=O)CC[C@H]3[C@H]12. The van der Waals surface area contributed by atoms with E-state index in [1.165, 1.54) is 144 Å². The summed E-state index contributed by atoms with van der Waals surface area (Å²) in [5.74, 6) is 17.4. The Morgan fingerprint density at radius 1 is 0.430 bits per heavy atom. The molecule has 16 fully saturated rings. The Hall–Kier alpha value is -2.56. The fourth-order valence-electron chi connectivity index (χ4n) is 36.1. The number of rotatable bonds is 6. The smallest absolute Gasteiger partial charge is 0.139 e. The number of terminal acetylenes is 1. The minimum absolute atomic E-state index is 0. The van der Waals surface area contributed by atoms with E-state index in [1.807, 2.05) is 20.8 Å². The van der Waals surface area contributed by atoms with Gasteiger partial charge in [0, 0.05) is 17.8 Å². The van der Waals surface area contributed by atoms with Crippen molar-refractivity contribution in [3.63, 3.8) is 0 Å². The first-order chi connectivity index (χ1) is 58.2. The van der Waals surface area contributed by atoms with E-state index in [1.54, 1.807) is 5.57 Å². The Labute approximate surface area is 797 Å². The molecule has 128 heavy (non-hydrogen) atoms. The number of allylic oxidation sites excluding steroid dienone is 2. The molecule has 5 N–H and O–H groups in total. The summed E-state index contributed by atoms with van der Waals surface area (Å²) in [6.07, 6.45) is 49.4. The Morgan fingerprint density at radius 2 is 0.719 bits per heavy atom. The number of Topliss-reactive ketones (excluding diaryl/α,β-unsaturated/α-hetero) is 2. The minimum Gasteiger partial charge on any atom is -0.390 e. The fraction of sp³-hybridized carbons (Fsp3) is 0.797. The first-order valence-corrected chi connectivity index (χ1v) is 57.7. The van der Waals surface area contributed by atoms with Crippen molar-refractivity contribution in [2.75, 3.05) is 19.5 Å². The maximum Gasteiger partial charge on any atom is 0.139 e. The van der Waals surface area contributed by atoms with Crippen molar-refractivity contribution in [3.05, 3.63) is 103 Å². The van der Waals surface area contributed by atoms with Gasteiger partial charge in [-0.25, -0.2) is 0 Å². The van der Waals surface area contributed by atoms with Crippen LogP contribution in [0.25, 0.3) is 0 Å². The topological polar surface area (TPSA) is 135 Å². The molecule has 0 aromatic heterocycles. The normalized spacial score (nSPS) is 47.1. The van der Waals surface area contributed by atoms with E-state index in [-0.39, 0.29) is 46.6 Å². The van der Waals surface area contributed by atoms with Gasteiger partial charge in [-0.15, -0.1) is 21.4 Å². The second kappa shape index (κ2) is 40.5. The van der Waals surface area contributed by atoms with Gasteiger partial charge in [-0.2, -0.15) is 0 Å². The van der Waals surface area contributed by atoms with Gasteiger partial charge in [0.25, 0.3) is 0 Å². The molecule has 0 amide bonds. The van der Waals surface area contributed by atoms with Gasteiger partial charge >= 0.3 is 141 Å². The van der Waals surface area contributed by atoms with Crippen LogP contribution in [0.1, 0.15) is 374 Å². The summed E-state index contributed by atoms with van der Waals surface area (Å²) in [5, 5.41) is 54.5. The Kier molecular flexibility index (Phi) is 34.5. The van der Waals surface area contributed by atoms with Gasteiger partial charge in [0.2, 0.25) is 0 Å². The molecule has 0 bridgehead atoms.